The fraction of sp³-hybridized carbons (Fsp3) is 0.357. The van der Waals surface area contributed by atoms with Crippen molar-refractivity contribution in [2.45, 2.75) is 12.5 Å². The van der Waals surface area contributed by atoms with Crippen LogP contribution in [0.25, 0.3) is 0 Å². The number of hydrogen-bond acceptors (Lipinski definition) is 5. The molecule has 2 amide bonds. The lowest BCUT2D eigenvalue weighted by molar-refractivity contribution is -0.145. The van der Waals surface area contributed by atoms with Gasteiger partial charge in [-0.15, -0.1) is 0 Å². The minimum absolute atomic E-state index is 0.197. The normalized spacial score (nSPS) is 11.3. The maximum Gasteiger partial charge on any atom is 0.328 e. The van der Waals surface area contributed by atoms with Crippen molar-refractivity contribution in [2.75, 3.05) is 20.2 Å². The van der Waals surface area contributed by atoms with Crippen LogP contribution in [0.3, 0.4) is 0 Å². The number of amides is 2. The van der Waals surface area contributed by atoms with Crippen molar-refractivity contribution >= 4 is 17.8 Å². The molecule has 0 aliphatic heterocycles. The van der Waals surface area contributed by atoms with Crippen LogP contribution in [0.4, 0.5) is 0 Å². The SMILES string of the molecule is COC(=O)[C@H](Cc1ccccc1)NC(=O)CNC(=O)CN. The number of rotatable bonds is 7. The van der Waals surface area contributed by atoms with Crippen molar-refractivity contribution in [3.05, 3.63) is 35.9 Å². The molecule has 0 saturated heterocycles. The molecular weight excluding hydrogens is 274 g/mol. The summed E-state index contributed by atoms with van der Waals surface area (Å²) < 4.78 is 4.67. The lowest BCUT2D eigenvalue weighted by Crippen LogP contribution is -2.47. The molecule has 0 aromatic heterocycles. The molecular formula is C14H19N3O4. The second kappa shape index (κ2) is 8.70. The molecule has 1 aromatic rings. The van der Waals surface area contributed by atoms with Crippen molar-refractivity contribution in [2.24, 2.45) is 5.73 Å². The van der Waals surface area contributed by atoms with Gasteiger partial charge in [0, 0.05) is 6.42 Å². The maximum absolute atomic E-state index is 11.7. The van der Waals surface area contributed by atoms with Crippen LogP contribution in [-0.2, 0) is 25.5 Å². The van der Waals surface area contributed by atoms with E-state index in [1.807, 2.05) is 30.3 Å². The molecule has 7 nitrogen and oxygen atoms in total. The number of esters is 1. The Morgan fingerprint density at radius 2 is 1.86 bits per heavy atom. The minimum atomic E-state index is -0.806. The van der Waals surface area contributed by atoms with Crippen LogP contribution in [-0.4, -0.2) is 44.0 Å². The average Bonchev–Trinajstić information content (AvgIpc) is 2.52. The molecule has 21 heavy (non-hydrogen) atoms. The summed E-state index contributed by atoms with van der Waals surface area (Å²) in [6, 6.07) is 8.42. The molecule has 0 radical (unpaired) electrons. The molecule has 0 aliphatic carbocycles. The minimum Gasteiger partial charge on any atom is -0.467 e. The van der Waals surface area contributed by atoms with Crippen molar-refractivity contribution in [3.63, 3.8) is 0 Å². The number of nitrogens with two attached hydrogens (primary N) is 1. The van der Waals surface area contributed by atoms with Crippen LogP contribution < -0.4 is 16.4 Å². The molecule has 0 bridgehead atoms. The zero-order valence-corrected chi connectivity index (χ0v) is 11.8. The highest BCUT2D eigenvalue weighted by molar-refractivity contribution is 5.88. The first-order valence-corrected chi connectivity index (χ1v) is 6.44. The van der Waals surface area contributed by atoms with Crippen LogP contribution in [0, 0.1) is 0 Å². The van der Waals surface area contributed by atoms with Crippen LogP contribution in [0.2, 0.25) is 0 Å². The Labute approximate surface area is 122 Å². The Bertz CT molecular complexity index is 490. The fourth-order valence-electron chi connectivity index (χ4n) is 1.68. The van der Waals surface area contributed by atoms with E-state index in [1.165, 1.54) is 7.11 Å². The Morgan fingerprint density at radius 3 is 2.43 bits per heavy atom. The summed E-state index contributed by atoms with van der Waals surface area (Å²) in [5.74, 6) is -1.47. The van der Waals surface area contributed by atoms with E-state index in [-0.39, 0.29) is 13.1 Å². The van der Waals surface area contributed by atoms with Gasteiger partial charge < -0.3 is 21.1 Å². The van der Waals surface area contributed by atoms with E-state index in [0.717, 1.165) is 5.56 Å². The maximum atomic E-state index is 11.7. The van der Waals surface area contributed by atoms with Crippen molar-refractivity contribution in [1.82, 2.24) is 10.6 Å². The third-order valence-corrected chi connectivity index (χ3v) is 2.74. The highest BCUT2D eigenvalue weighted by atomic mass is 16.5. The summed E-state index contributed by atoms with van der Waals surface area (Å²) >= 11 is 0. The quantitative estimate of drug-likeness (QED) is 0.556. The number of hydrogen-bond donors (Lipinski definition) is 3. The van der Waals surface area contributed by atoms with Gasteiger partial charge in [-0.05, 0) is 5.56 Å². The van der Waals surface area contributed by atoms with E-state index in [2.05, 4.69) is 15.4 Å². The predicted octanol–water partition coefficient (Wildman–Crippen LogP) is -1.04. The molecule has 114 valence electrons. The second-order valence-electron chi connectivity index (χ2n) is 4.31. The van der Waals surface area contributed by atoms with Gasteiger partial charge in [-0.25, -0.2) is 4.79 Å². The largest absolute Gasteiger partial charge is 0.467 e. The summed E-state index contributed by atoms with van der Waals surface area (Å²) in [5, 5.41) is 4.86. The van der Waals surface area contributed by atoms with Crippen molar-refractivity contribution in [3.8, 4) is 0 Å². The smallest absolute Gasteiger partial charge is 0.328 e. The first-order valence-electron chi connectivity index (χ1n) is 6.44. The molecule has 0 unspecified atom stereocenters. The number of ether oxygens (including phenoxy) is 1. The topological polar surface area (TPSA) is 111 Å². The van der Waals surface area contributed by atoms with E-state index < -0.39 is 23.8 Å². The van der Waals surface area contributed by atoms with Gasteiger partial charge in [0.25, 0.3) is 0 Å². The Balaban J connectivity index is 2.60. The first kappa shape index (κ1) is 16.6. The molecule has 0 heterocycles. The molecule has 1 aromatic carbocycles. The second-order valence-corrected chi connectivity index (χ2v) is 4.31. The van der Waals surface area contributed by atoms with Gasteiger partial charge in [0.05, 0.1) is 20.2 Å². The standard InChI is InChI=1S/C14H19N3O4/c1-21-14(20)11(7-10-5-3-2-4-6-10)17-13(19)9-16-12(18)8-15/h2-6,11H,7-9,15H2,1H3,(H,16,18)(H,17,19)/t11-/m0/s1. The molecule has 4 N–H and O–H groups in total. The summed E-state index contributed by atoms with van der Waals surface area (Å²) in [5.41, 5.74) is 6.00. The van der Waals surface area contributed by atoms with E-state index in [9.17, 15) is 14.4 Å². The van der Waals surface area contributed by atoms with Crippen molar-refractivity contribution in [1.29, 1.82) is 0 Å². The van der Waals surface area contributed by atoms with Crippen molar-refractivity contribution < 1.29 is 19.1 Å². The fourth-order valence-corrected chi connectivity index (χ4v) is 1.68. The zero-order valence-electron chi connectivity index (χ0n) is 11.8. The van der Waals surface area contributed by atoms with E-state index >= 15 is 0 Å². The monoisotopic (exact) mass is 293 g/mol. The van der Waals surface area contributed by atoms with Crippen LogP contribution in [0.5, 0.6) is 0 Å². The Kier molecular flexibility index (Phi) is 6.90. The lowest BCUT2D eigenvalue weighted by atomic mass is 10.1. The first-order chi connectivity index (χ1) is 10.1. The van der Waals surface area contributed by atoms with Gasteiger partial charge in [0.2, 0.25) is 11.8 Å². The van der Waals surface area contributed by atoms with Gasteiger partial charge in [-0.3, -0.25) is 9.59 Å². The van der Waals surface area contributed by atoms with Crippen LogP contribution in [0.15, 0.2) is 30.3 Å². The van der Waals surface area contributed by atoms with Gasteiger partial charge in [0.15, 0.2) is 0 Å². The molecule has 0 spiro atoms. The molecule has 1 rings (SSSR count). The number of nitrogens with one attached hydrogen (secondary N) is 2. The highest BCUT2D eigenvalue weighted by Crippen LogP contribution is 2.04. The Morgan fingerprint density at radius 1 is 1.19 bits per heavy atom. The molecule has 1 atom stereocenters. The molecule has 0 fully saturated rings. The highest BCUT2D eigenvalue weighted by Gasteiger charge is 2.21. The lowest BCUT2D eigenvalue weighted by Gasteiger charge is -2.16. The summed E-state index contributed by atoms with van der Waals surface area (Å²) in [6.45, 7) is -0.434. The molecule has 0 saturated carbocycles. The van der Waals surface area contributed by atoms with Gasteiger partial charge in [-0.1, -0.05) is 30.3 Å². The predicted molar refractivity (Wildman–Crippen MR) is 76.2 cm³/mol. The number of carbonyl (C=O) groups excluding carboxylic acids is 3. The zero-order chi connectivity index (χ0) is 15.7. The summed E-state index contributed by atoms with van der Waals surface area (Å²) in [7, 11) is 1.25. The number of benzene rings is 1. The molecule has 0 aliphatic rings. The third-order valence-electron chi connectivity index (χ3n) is 2.74. The summed E-state index contributed by atoms with van der Waals surface area (Å²) in [4.78, 5) is 34.4. The number of methoxy groups -OCH3 is 1. The van der Waals surface area contributed by atoms with Gasteiger partial charge in [-0.2, -0.15) is 0 Å². The van der Waals surface area contributed by atoms with E-state index in [1.54, 1.807) is 0 Å². The van der Waals surface area contributed by atoms with Gasteiger partial charge in [0.1, 0.15) is 6.04 Å². The van der Waals surface area contributed by atoms with E-state index in [0.29, 0.717) is 6.42 Å². The van der Waals surface area contributed by atoms with E-state index in [4.69, 9.17) is 5.73 Å². The summed E-state index contributed by atoms with van der Waals surface area (Å²) in [6.07, 6.45) is 0.310. The van der Waals surface area contributed by atoms with Crippen LogP contribution >= 0.6 is 0 Å². The van der Waals surface area contributed by atoms with Gasteiger partial charge >= 0.3 is 5.97 Å². The third kappa shape index (κ3) is 6.05. The van der Waals surface area contributed by atoms with Crippen LogP contribution in [0.1, 0.15) is 5.56 Å². The average molecular weight is 293 g/mol. The Hall–Kier alpha value is -2.41. The molecule has 7 heteroatoms. The number of carbonyl (C=O) groups is 3.